The molecule has 0 spiro atoms. The molecule has 2 N–H and O–H groups in total. The lowest BCUT2D eigenvalue weighted by Gasteiger charge is -2.16. The number of para-hydroxylation sites is 1. The van der Waals surface area contributed by atoms with Crippen molar-refractivity contribution >= 4 is 38.6 Å². The third-order valence-electron chi connectivity index (χ3n) is 5.31. The molecule has 15 heteroatoms. The monoisotopic (exact) mass is 554 g/mol. The molecule has 0 fully saturated rings. The first-order valence-corrected chi connectivity index (χ1v) is 12.9. The van der Waals surface area contributed by atoms with Crippen LogP contribution in [0.1, 0.15) is 5.82 Å². The number of imidazole rings is 1. The van der Waals surface area contributed by atoms with E-state index in [0.717, 1.165) is 0 Å². The molecule has 0 amide bonds. The molecule has 13 nitrogen and oxygen atoms in total. The number of methoxy groups -OCH3 is 2. The van der Waals surface area contributed by atoms with Gasteiger partial charge in [-0.05, 0) is 18.2 Å². The molecule has 1 aromatic carbocycles. The maximum Gasteiger partial charge on any atom is 0.248 e. The predicted molar refractivity (Wildman–Crippen MR) is 139 cm³/mol. The van der Waals surface area contributed by atoms with Crippen molar-refractivity contribution < 1.29 is 17.9 Å². The highest BCUT2D eigenvalue weighted by Crippen LogP contribution is 2.38. The average Bonchev–Trinajstić information content (AvgIpc) is 3.27. The van der Waals surface area contributed by atoms with Gasteiger partial charge in [-0.2, -0.15) is 0 Å². The highest BCUT2D eigenvalue weighted by molar-refractivity contribution is 7.91. The second-order valence-electron chi connectivity index (χ2n) is 7.83. The number of anilines is 1. The highest BCUT2D eigenvalue weighted by Gasteiger charge is 2.24. The lowest BCUT2D eigenvalue weighted by atomic mass is 10.2. The Morgan fingerprint density at radius 3 is 2.37 bits per heavy atom. The zero-order chi connectivity index (χ0) is 26.9. The van der Waals surface area contributed by atoms with E-state index in [9.17, 15) is 13.2 Å². The Bertz CT molecular complexity index is 1780. The fourth-order valence-electron chi connectivity index (χ4n) is 3.75. The summed E-state index contributed by atoms with van der Waals surface area (Å²) in [5.74, 6) is 0.623. The maximum absolute atomic E-state index is 12.8. The van der Waals surface area contributed by atoms with E-state index < -0.39 is 15.8 Å². The first kappa shape index (κ1) is 25.1. The number of H-pyrrole nitrogens is 1. The summed E-state index contributed by atoms with van der Waals surface area (Å²) < 4.78 is 40.8. The van der Waals surface area contributed by atoms with Crippen LogP contribution < -0.4 is 19.8 Å². The zero-order valence-electron chi connectivity index (χ0n) is 19.9. The average molecular weight is 555 g/mol. The molecule has 0 atom stereocenters. The minimum Gasteiger partial charge on any atom is -0.494 e. The van der Waals surface area contributed by atoms with E-state index in [-0.39, 0.29) is 27.9 Å². The molecule has 0 aliphatic carbocycles. The lowest BCUT2D eigenvalue weighted by Crippen LogP contribution is -2.17. The smallest absolute Gasteiger partial charge is 0.248 e. The van der Waals surface area contributed by atoms with Crippen molar-refractivity contribution in [2.24, 2.45) is 0 Å². The fraction of sp³-hybridized carbons (Fsp3) is 0.130. The second kappa shape index (κ2) is 10.1. The predicted octanol–water partition coefficient (Wildman–Crippen LogP) is 2.57. The van der Waals surface area contributed by atoms with Gasteiger partial charge in [-0.15, -0.1) is 10.2 Å². The molecule has 4 heterocycles. The van der Waals surface area contributed by atoms with E-state index >= 15 is 0 Å². The molecule has 5 rings (SSSR count). The lowest BCUT2D eigenvalue weighted by molar-refractivity contribution is 0.391. The number of ether oxygens (including phenoxy) is 2. The van der Waals surface area contributed by atoms with Crippen LogP contribution in [0.3, 0.4) is 0 Å². The molecule has 194 valence electrons. The van der Waals surface area contributed by atoms with Crippen LogP contribution in [0.5, 0.6) is 11.5 Å². The number of aromatic nitrogens is 7. The quantitative estimate of drug-likeness (QED) is 0.291. The van der Waals surface area contributed by atoms with Crippen molar-refractivity contribution in [1.82, 2.24) is 34.7 Å². The number of nitrogens with zero attached hydrogens (tertiary/aromatic N) is 6. The normalized spacial score (nSPS) is 11.4. The van der Waals surface area contributed by atoms with Crippen LogP contribution >= 0.6 is 11.6 Å². The number of sulfonamides is 1. The SMILES string of the molecule is COc1cccc(OC)c1-n1c(-c2cccc(=O)[nH]2)nc2nnc(NS(=O)(=O)Cc3ncc(Cl)cn3)cc21. The molecular formula is C23H19ClN8O5S. The van der Waals surface area contributed by atoms with Crippen molar-refractivity contribution in [2.75, 3.05) is 18.9 Å². The summed E-state index contributed by atoms with van der Waals surface area (Å²) in [6, 6.07) is 11.3. The number of aromatic amines is 1. The summed E-state index contributed by atoms with van der Waals surface area (Å²) >= 11 is 5.78. The van der Waals surface area contributed by atoms with E-state index in [4.69, 9.17) is 21.1 Å². The van der Waals surface area contributed by atoms with Gasteiger partial charge in [0.1, 0.15) is 28.8 Å². The van der Waals surface area contributed by atoms with Gasteiger partial charge in [0.2, 0.25) is 21.2 Å². The number of hydrogen-bond acceptors (Lipinski definition) is 10. The number of hydrogen-bond donors (Lipinski definition) is 2. The van der Waals surface area contributed by atoms with Gasteiger partial charge in [-0.3, -0.25) is 14.1 Å². The Labute approximate surface area is 220 Å². The maximum atomic E-state index is 12.8. The number of rotatable bonds is 8. The Morgan fingerprint density at radius 1 is 1.03 bits per heavy atom. The van der Waals surface area contributed by atoms with E-state index in [0.29, 0.717) is 34.2 Å². The zero-order valence-corrected chi connectivity index (χ0v) is 21.5. The van der Waals surface area contributed by atoms with Gasteiger partial charge < -0.3 is 14.5 Å². The highest BCUT2D eigenvalue weighted by atomic mass is 35.5. The van der Waals surface area contributed by atoms with Crippen LogP contribution in [0.2, 0.25) is 5.02 Å². The topological polar surface area (TPSA) is 167 Å². The van der Waals surface area contributed by atoms with Gasteiger partial charge in [0, 0.05) is 24.5 Å². The van der Waals surface area contributed by atoms with Crippen LogP contribution in [-0.2, 0) is 15.8 Å². The number of halogens is 1. The Morgan fingerprint density at radius 2 is 1.71 bits per heavy atom. The van der Waals surface area contributed by atoms with Crippen LogP contribution in [0, 0.1) is 0 Å². The van der Waals surface area contributed by atoms with E-state index in [1.165, 1.54) is 38.7 Å². The molecule has 0 bridgehead atoms. The molecular weight excluding hydrogens is 536 g/mol. The summed E-state index contributed by atoms with van der Waals surface area (Å²) in [6.45, 7) is 0. The van der Waals surface area contributed by atoms with Crippen molar-refractivity contribution in [3.8, 4) is 28.7 Å². The number of nitrogens with one attached hydrogen (secondary N) is 2. The van der Waals surface area contributed by atoms with Gasteiger partial charge >= 0.3 is 0 Å². The molecule has 0 unspecified atom stereocenters. The molecule has 0 saturated carbocycles. The minimum atomic E-state index is -3.97. The molecule has 5 aromatic rings. The molecule has 0 saturated heterocycles. The number of benzene rings is 1. The van der Waals surface area contributed by atoms with E-state index in [1.54, 1.807) is 34.9 Å². The van der Waals surface area contributed by atoms with Crippen molar-refractivity contribution in [3.63, 3.8) is 0 Å². The standard InChI is InChI=1S/C23H19ClN8O5S/c1-36-16-6-4-7-17(37-2)21(16)32-15-9-18(31-38(34,35)12-19-25-10-13(24)11-26-19)29-30-22(15)28-23(32)14-5-3-8-20(33)27-14/h3-11H,12H2,1-2H3,(H,27,33)(H,29,31). The fourth-order valence-corrected chi connectivity index (χ4v) is 4.83. The second-order valence-corrected chi connectivity index (χ2v) is 9.99. The van der Waals surface area contributed by atoms with Gasteiger partial charge in [0.05, 0.1) is 30.5 Å². The first-order chi connectivity index (χ1) is 18.3. The summed E-state index contributed by atoms with van der Waals surface area (Å²) in [7, 11) is -0.971. The van der Waals surface area contributed by atoms with Gasteiger partial charge in [0.15, 0.2) is 11.6 Å². The number of pyridine rings is 1. The van der Waals surface area contributed by atoms with Crippen molar-refractivity contribution in [3.05, 3.63) is 76.1 Å². The molecule has 0 aliphatic heterocycles. The first-order valence-electron chi connectivity index (χ1n) is 10.9. The molecule has 4 aromatic heterocycles. The van der Waals surface area contributed by atoms with Crippen molar-refractivity contribution in [2.45, 2.75) is 5.75 Å². The van der Waals surface area contributed by atoms with Gasteiger partial charge in [-0.1, -0.05) is 23.7 Å². The Hall–Kier alpha value is -4.56. The minimum absolute atomic E-state index is 0.0510. The summed E-state index contributed by atoms with van der Waals surface area (Å²) in [5.41, 5.74) is 1.04. The van der Waals surface area contributed by atoms with Crippen LogP contribution in [-0.4, -0.2) is 57.3 Å². The van der Waals surface area contributed by atoms with Crippen LogP contribution in [0.4, 0.5) is 5.82 Å². The van der Waals surface area contributed by atoms with Crippen LogP contribution in [0.25, 0.3) is 28.4 Å². The Balaban J connectivity index is 1.67. The third-order valence-corrected chi connectivity index (χ3v) is 6.66. The van der Waals surface area contributed by atoms with E-state index in [2.05, 4.69) is 34.9 Å². The third kappa shape index (κ3) is 4.99. The van der Waals surface area contributed by atoms with Crippen molar-refractivity contribution in [1.29, 1.82) is 0 Å². The molecule has 0 radical (unpaired) electrons. The van der Waals surface area contributed by atoms with E-state index in [1.807, 2.05) is 0 Å². The molecule has 0 aliphatic rings. The largest absolute Gasteiger partial charge is 0.494 e. The Kier molecular flexibility index (Phi) is 6.65. The summed E-state index contributed by atoms with van der Waals surface area (Å²) in [5, 5.41) is 8.38. The number of fused-ring (bicyclic) bond motifs is 1. The molecule has 38 heavy (non-hydrogen) atoms. The summed E-state index contributed by atoms with van der Waals surface area (Å²) in [6.07, 6.45) is 2.61. The van der Waals surface area contributed by atoms with Gasteiger partial charge in [0.25, 0.3) is 0 Å². The van der Waals surface area contributed by atoms with Crippen LogP contribution in [0.15, 0.2) is 59.7 Å². The summed E-state index contributed by atoms with van der Waals surface area (Å²) in [4.78, 5) is 27.2. The van der Waals surface area contributed by atoms with Gasteiger partial charge in [-0.25, -0.2) is 23.4 Å².